The van der Waals surface area contributed by atoms with E-state index in [0.29, 0.717) is 0 Å². The SMILES string of the molecule is C1=C(c2ncncn2)Cc2ccsc21. The number of rotatable bonds is 1. The lowest BCUT2D eigenvalue weighted by molar-refractivity contribution is 1.01. The fraction of sp³-hybridized carbons (Fsp3) is 0.100. The Kier molecular flexibility index (Phi) is 1.67. The number of thiophene rings is 1. The largest absolute Gasteiger partial charge is 0.225 e. The van der Waals surface area contributed by atoms with Crippen LogP contribution in [-0.2, 0) is 6.42 Å². The highest BCUT2D eigenvalue weighted by atomic mass is 32.1. The maximum atomic E-state index is 4.14. The molecule has 0 amide bonds. The van der Waals surface area contributed by atoms with Crippen LogP contribution in [0.5, 0.6) is 0 Å². The van der Waals surface area contributed by atoms with Gasteiger partial charge in [-0.3, -0.25) is 0 Å². The van der Waals surface area contributed by atoms with Crippen LogP contribution in [0.3, 0.4) is 0 Å². The van der Waals surface area contributed by atoms with Crippen LogP contribution in [-0.4, -0.2) is 15.0 Å². The van der Waals surface area contributed by atoms with Gasteiger partial charge in [-0.25, -0.2) is 15.0 Å². The molecule has 14 heavy (non-hydrogen) atoms. The molecule has 0 bridgehead atoms. The highest BCUT2D eigenvalue weighted by molar-refractivity contribution is 7.11. The molecule has 0 atom stereocenters. The van der Waals surface area contributed by atoms with Crippen LogP contribution in [0, 0.1) is 0 Å². The molecule has 3 rings (SSSR count). The Morgan fingerprint density at radius 2 is 2.07 bits per heavy atom. The monoisotopic (exact) mass is 201 g/mol. The van der Waals surface area contributed by atoms with E-state index in [0.717, 1.165) is 12.2 Å². The Morgan fingerprint density at radius 1 is 1.21 bits per heavy atom. The molecule has 0 spiro atoms. The predicted octanol–water partition coefficient (Wildman–Crippen LogP) is 2.03. The molecular weight excluding hydrogens is 194 g/mol. The van der Waals surface area contributed by atoms with Crippen molar-refractivity contribution in [1.29, 1.82) is 0 Å². The first-order valence-electron chi connectivity index (χ1n) is 4.33. The fourth-order valence-electron chi connectivity index (χ4n) is 1.58. The summed E-state index contributed by atoms with van der Waals surface area (Å²) in [6, 6.07) is 2.16. The van der Waals surface area contributed by atoms with Gasteiger partial charge in [-0.15, -0.1) is 11.3 Å². The van der Waals surface area contributed by atoms with Gasteiger partial charge in [0.1, 0.15) is 12.7 Å². The Balaban J connectivity index is 2.02. The quantitative estimate of drug-likeness (QED) is 0.708. The summed E-state index contributed by atoms with van der Waals surface area (Å²) in [6.07, 6.45) is 6.18. The van der Waals surface area contributed by atoms with E-state index in [-0.39, 0.29) is 0 Å². The fourth-order valence-corrected chi connectivity index (χ4v) is 2.46. The van der Waals surface area contributed by atoms with Gasteiger partial charge < -0.3 is 0 Å². The van der Waals surface area contributed by atoms with Gasteiger partial charge in [-0.05, 0) is 23.1 Å². The molecule has 4 heteroatoms. The number of hydrogen-bond donors (Lipinski definition) is 0. The van der Waals surface area contributed by atoms with E-state index < -0.39 is 0 Å². The summed E-state index contributed by atoms with van der Waals surface area (Å²) in [6.45, 7) is 0. The van der Waals surface area contributed by atoms with Gasteiger partial charge in [0, 0.05) is 16.9 Å². The lowest BCUT2D eigenvalue weighted by Crippen LogP contribution is -1.93. The van der Waals surface area contributed by atoms with Crippen molar-refractivity contribution >= 4 is 23.0 Å². The second kappa shape index (κ2) is 2.99. The molecule has 0 unspecified atom stereocenters. The Morgan fingerprint density at radius 3 is 2.86 bits per heavy atom. The van der Waals surface area contributed by atoms with Gasteiger partial charge in [0.2, 0.25) is 0 Å². The molecule has 2 aromatic rings. The zero-order chi connectivity index (χ0) is 9.38. The third-order valence-electron chi connectivity index (χ3n) is 2.25. The summed E-state index contributed by atoms with van der Waals surface area (Å²) in [7, 11) is 0. The number of allylic oxidation sites excluding steroid dienone is 1. The van der Waals surface area contributed by atoms with E-state index >= 15 is 0 Å². The molecule has 1 aliphatic carbocycles. The van der Waals surface area contributed by atoms with Crippen LogP contribution in [0.1, 0.15) is 16.3 Å². The highest BCUT2D eigenvalue weighted by Gasteiger charge is 2.16. The summed E-state index contributed by atoms with van der Waals surface area (Å²) in [5, 5.41) is 2.12. The van der Waals surface area contributed by atoms with Crippen LogP contribution in [0.4, 0.5) is 0 Å². The topological polar surface area (TPSA) is 38.7 Å². The predicted molar refractivity (Wildman–Crippen MR) is 55.7 cm³/mol. The highest BCUT2D eigenvalue weighted by Crippen LogP contribution is 2.32. The molecule has 2 aromatic heterocycles. The number of fused-ring (bicyclic) bond motifs is 1. The minimum Gasteiger partial charge on any atom is -0.225 e. The first-order valence-corrected chi connectivity index (χ1v) is 5.21. The molecule has 3 nitrogen and oxygen atoms in total. The molecule has 0 saturated heterocycles. The maximum Gasteiger partial charge on any atom is 0.159 e. The summed E-state index contributed by atoms with van der Waals surface area (Å²) < 4.78 is 0. The number of aromatic nitrogens is 3. The Labute approximate surface area is 85.2 Å². The lowest BCUT2D eigenvalue weighted by atomic mass is 10.2. The second-order valence-electron chi connectivity index (χ2n) is 3.12. The first-order chi connectivity index (χ1) is 6.93. The molecular formula is C10H7N3S. The first kappa shape index (κ1) is 7.82. The Bertz CT molecular complexity index is 487. The van der Waals surface area contributed by atoms with Crippen LogP contribution in [0.2, 0.25) is 0 Å². The lowest BCUT2D eigenvalue weighted by Gasteiger charge is -1.97. The second-order valence-corrected chi connectivity index (χ2v) is 4.07. The van der Waals surface area contributed by atoms with Gasteiger partial charge in [0.05, 0.1) is 0 Å². The molecule has 0 N–H and O–H groups in total. The standard InChI is InChI=1S/C10H7N3S/c1-2-14-9-4-8(3-7(1)9)10-12-5-11-6-13-10/h1-2,4-6H,3H2. The normalized spacial score (nSPS) is 13.9. The van der Waals surface area contributed by atoms with Gasteiger partial charge in [0.15, 0.2) is 5.82 Å². The van der Waals surface area contributed by atoms with E-state index in [1.807, 2.05) is 0 Å². The zero-order valence-electron chi connectivity index (χ0n) is 7.34. The summed E-state index contributed by atoms with van der Waals surface area (Å²) in [5.41, 5.74) is 2.57. The van der Waals surface area contributed by atoms with Crippen molar-refractivity contribution in [2.24, 2.45) is 0 Å². The van der Waals surface area contributed by atoms with E-state index in [1.54, 1.807) is 11.3 Å². The minimum atomic E-state index is 0.795. The van der Waals surface area contributed by atoms with E-state index in [2.05, 4.69) is 32.5 Å². The van der Waals surface area contributed by atoms with Crippen molar-refractivity contribution in [2.75, 3.05) is 0 Å². The molecule has 68 valence electrons. The van der Waals surface area contributed by atoms with Crippen molar-refractivity contribution in [3.8, 4) is 0 Å². The third kappa shape index (κ3) is 1.15. The summed E-state index contributed by atoms with van der Waals surface area (Å²) in [4.78, 5) is 13.4. The minimum absolute atomic E-state index is 0.795. The molecule has 1 aliphatic rings. The molecule has 0 radical (unpaired) electrons. The average molecular weight is 201 g/mol. The molecule has 0 fully saturated rings. The molecule has 0 aromatic carbocycles. The van der Waals surface area contributed by atoms with E-state index in [4.69, 9.17) is 0 Å². The molecule has 2 heterocycles. The van der Waals surface area contributed by atoms with Gasteiger partial charge in [-0.1, -0.05) is 0 Å². The smallest absolute Gasteiger partial charge is 0.159 e. The van der Waals surface area contributed by atoms with Crippen LogP contribution in [0.25, 0.3) is 11.6 Å². The van der Waals surface area contributed by atoms with Gasteiger partial charge in [0.25, 0.3) is 0 Å². The van der Waals surface area contributed by atoms with Crippen LogP contribution < -0.4 is 0 Å². The Hall–Kier alpha value is -1.55. The van der Waals surface area contributed by atoms with Gasteiger partial charge in [-0.2, -0.15) is 0 Å². The van der Waals surface area contributed by atoms with E-state index in [1.165, 1.54) is 28.7 Å². The van der Waals surface area contributed by atoms with Gasteiger partial charge >= 0.3 is 0 Å². The van der Waals surface area contributed by atoms with Crippen molar-refractivity contribution in [1.82, 2.24) is 15.0 Å². The van der Waals surface area contributed by atoms with Crippen LogP contribution in [0.15, 0.2) is 24.1 Å². The van der Waals surface area contributed by atoms with Crippen molar-refractivity contribution in [2.45, 2.75) is 6.42 Å². The molecule has 0 aliphatic heterocycles. The summed E-state index contributed by atoms with van der Waals surface area (Å²) in [5.74, 6) is 0.795. The zero-order valence-corrected chi connectivity index (χ0v) is 8.16. The van der Waals surface area contributed by atoms with Crippen molar-refractivity contribution in [3.05, 3.63) is 40.4 Å². The van der Waals surface area contributed by atoms with Crippen LogP contribution >= 0.6 is 11.3 Å². The number of nitrogens with zero attached hydrogens (tertiary/aromatic N) is 3. The van der Waals surface area contributed by atoms with Crippen molar-refractivity contribution in [3.63, 3.8) is 0 Å². The third-order valence-corrected chi connectivity index (χ3v) is 3.15. The van der Waals surface area contributed by atoms with E-state index in [9.17, 15) is 0 Å². The maximum absolute atomic E-state index is 4.14. The average Bonchev–Trinajstić information content (AvgIpc) is 2.78. The molecule has 0 saturated carbocycles. The summed E-state index contributed by atoms with van der Waals surface area (Å²) >= 11 is 1.76. The number of hydrogen-bond acceptors (Lipinski definition) is 4. The van der Waals surface area contributed by atoms with Crippen molar-refractivity contribution < 1.29 is 0 Å².